The van der Waals surface area contributed by atoms with E-state index >= 15 is 0 Å². The molecule has 0 aliphatic rings. The molecule has 0 saturated heterocycles. The Morgan fingerprint density at radius 2 is 1.19 bits per heavy atom. The molecule has 0 fully saturated rings. The molecule has 2 aromatic heterocycles. The third-order valence-corrected chi connectivity index (χ3v) is 5.65. The first-order valence-corrected chi connectivity index (χ1v) is 10.8. The molecule has 3 aromatic carbocycles. The minimum atomic E-state index is 0.488. The smallest absolute Gasteiger partial charge is 0.168 e. The van der Waals surface area contributed by atoms with Crippen LogP contribution >= 0.6 is 0 Å². The van der Waals surface area contributed by atoms with Crippen LogP contribution in [0.5, 0.6) is 0 Å². The van der Waals surface area contributed by atoms with Crippen molar-refractivity contribution in [3.8, 4) is 39.6 Å². The van der Waals surface area contributed by atoms with Gasteiger partial charge in [-0.05, 0) is 40.8 Å². The first kappa shape index (κ1) is 19.9. The van der Waals surface area contributed by atoms with Gasteiger partial charge in [0.05, 0.1) is 0 Å². The maximum absolute atomic E-state index is 4.60. The lowest BCUT2D eigenvalue weighted by atomic mass is 10.0. The molecule has 32 heavy (non-hydrogen) atoms. The second-order valence-electron chi connectivity index (χ2n) is 8.11. The SMILES string of the molecule is CC(C)c1ccc(-c2nnc(-c3ccccc3)n2-c2ccc(-c3cccnc3)cc2)cc1. The van der Waals surface area contributed by atoms with Crippen LogP contribution in [0.25, 0.3) is 39.6 Å². The molecule has 0 spiro atoms. The zero-order chi connectivity index (χ0) is 21.9. The Morgan fingerprint density at radius 3 is 1.78 bits per heavy atom. The van der Waals surface area contributed by atoms with Crippen LogP contribution in [0, 0.1) is 0 Å². The first-order chi connectivity index (χ1) is 15.7. The van der Waals surface area contributed by atoms with Gasteiger partial charge >= 0.3 is 0 Å². The van der Waals surface area contributed by atoms with Crippen molar-refractivity contribution in [1.82, 2.24) is 19.7 Å². The maximum atomic E-state index is 4.60. The summed E-state index contributed by atoms with van der Waals surface area (Å²) in [4.78, 5) is 4.24. The molecule has 0 N–H and O–H groups in total. The van der Waals surface area contributed by atoms with Gasteiger partial charge in [-0.3, -0.25) is 9.55 Å². The van der Waals surface area contributed by atoms with Gasteiger partial charge in [0.25, 0.3) is 0 Å². The largest absolute Gasteiger partial charge is 0.275 e. The van der Waals surface area contributed by atoms with Gasteiger partial charge in [0.1, 0.15) is 0 Å². The summed E-state index contributed by atoms with van der Waals surface area (Å²) in [7, 11) is 0. The highest BCUT2D eigenvalue weighted by molar-refractivity contribution is 5.69. The standard InChI is InChI=1S/C28H24N4/c1-20(2)21-10-12-24(13-11-21)28-31-30-27(23-7-4-3-5-8-23)32(28)26-16-14-22(15-17-26)25-9-6-18-29-19-25/h3-20H,1-2H3. The van der Waals surface area contributed by atoms with Gasteiger partial charge in [-0.15, -0.1) is 10.2 Å². The molecule has 0 unspecified atom stereocenters. The van der Waals surface area contributed by atoms with E-state index in [2.05, 4.69) is 100 Å². The minimum absolute atomic E-state index is 0.488. The summed E-state index contributed by atoms with van der Waals surface area (Å²) in [5.41, 5.74) is 6.62. The summed E-state index contributed by atoms with van der Waals surface area (Å²) in [6, 6.07) is 31.3. The Kier molecular flexibility index (Phi) is 5.34. The molecule has 0 amide bonds. The number of nitrogens with zero attached hydrogens (tertiary/aromatic N) is 4. The van der Waals surface area contributed by atoms with Crippen LogP contribution in [0.2, 0.25) is 0 Å². The van der Waals surface area contributed by atoms with Crippen LogP contribution in [0.15, 0.2) is 103 Å². The third kappa shape index (κ3) is 3.83. The van der Waals surface area contributed by atoms with E-state index in [1.165, 1.54) is 5.56 Å². The van der Waals surface area contributed by atoms with E-state index in [1.807, 2.05) is 30.5 Å². The van der Waals surface area contributed by atoms with Crippen molar-refractivity contribution in [1.29, 1.82) is 0 Å². The van der Waals surface area contributed by atoms with Crippen molar-refractivity contribution in [3.63, 3.8) is 0 Å². The molecular weight excluding hydrogens is 392 g/mol. The second-order valence-corrected chi connectivity index (χ2v) is 8.11. The van der Waals surface area contributed by atoms with E-state index in [1.54, 1.807) is 6.20 Å². The number of pyridine rings is 1. The van der Waals surface area contributed by atoms with Crippen LogP contribution in [-0.2, 0) is 0 Å². The Morgan fingerprint density at radius 1 is 0.594 bits per heavy atom. The molecule has 5 rings (SSSR count). The number of hydrogen-bond acceptors (Lipinski definition) is 3. The second kappa shape index (κ2) is 8.60. The fourth-order valence-corrected chi connectivity index (χ4v) is 3.84. The number of aromatic nitrogens is 4. The van der Waals surface area contributed by atoms with Crippen molar-refractivity contribution < 1.29 is 0 Å². The highest BCUT2D eigenvalue weighted by Crippen LogP contribution is 2.30. The van der Waals surface area contributed by atoms with Crippen molar-refractivity contribution in [2.24, 2.45) is 0 Å². The van der Waals surface area contributed by atoms with E-state index < -0.39 is 0 Å². The van der Waals surface area contributed by atoms with Gasteiger partial charge in [0.15, 0.2) is 11.6 Å². The van der Waals surface area contributed by atoms with Crippen LogP contribution in [0.1, 0.15) is 25.3 Å². The monoisotopic (exact) mass is 416 g/mol. The Balaban J connectivity index is 1.63. The lowest BCUT2D eigenvalue weighted by Gasteiger charge is -2.13. The third-order valence-electron chi connectivity index (χ3n) is 5.65. The maximum Gasteiger partial charge on any atom is 0.168 e. The Hall–Kier alpha value is -4.05. The highest BCUT2D eigenvalue weighted by atomic mass is 15.3. The van der Waals surface area contributed by atoms with Gasteiger partial charge in [-0.25, -0.2) is 0 Å². The predicted molar refractivity (Wildman–Crippen MR) is 130 cm³/mol. The van der Waals surface area contributed by atoms with Gasteiger partial charge in [0.2, 0.25) is 0 Å². The summed E-state index contributed by atoms with van der Waals surface area (Å²) in [5, 5.41) is 9.18. The van der Waals surface area contributed by atoms with Crippen LogP contribution in [-0.4, -0.2) is 19.7 Å². The average Bonchev–Trinajstić information content (AvgIpc) is 3.30. The van der Waals surface area contributed by atoms with Crippen molar-refractivity contribution in [3.05, 3.63) is 109 Å². The number of rotatable bonds is 5. The highest BCUT2D eigenvalue weighted by Gasteiger charge is 2.17. The zero-order valence-corrected chi connectivity index (χ0v) is 18.2. The topological polar surface area (TPSA) is 43.6 Å². The van der Waals surface area contributed by atoms with E-state index in [4.69, 9.17) is 0 Å². The van der Waals surface area contributed by atoms with E-state index in [-0.39, 0.29) is 0 Å². The van der Waals surface area contributed by atoms with Gasteiger partial charge < -0.3 is 0 Å². The normalized spacial score (nSPS) is 11.1. The molecule has 0 aliphatic heterocycles. The van der Waals surface area contributed by atoms with Gasteiger partial charge in [-0.1, -0.05) is 86.6 Å². The molecule has 0 atom stereocenters. The van der Waals surface area contributed by atoms with Gasteiger partial charge in [0, 0.05) is 29.2 Å². The fourth-order valence-electron chi connectivity index (χ4n) is 3.84. The quantitative estimate of drug-likeness (QED) is 0.317. The molecule has 0 radical (unpaired) electrons. The average molecular weight is 417 g/mol. The summed E-state index contributed by atoms with van der Waals surface area (Å²) in [5.74, 6) is 2.14. The van der Waals surface area contributed by atoms with Crippen molar-refractivity contribution in [2.75, 3.05) is 0 Å². The number of hydrogen-bond donors (Lipinski definition) is 0. The molecule has 0 bridgehead atoms. The van der Waals surface area contributed by atoms with E-state index in [0.717, 1.165) is 39.6 Å². The van der Waals surface area contributed by atoms with Crippen molar-refractivity contribution >= 4 is 0 Å². The van der Waals surface area contributed by atoms with E-state index in [9.17, 15) is 0 Å². The summed E-state index contributed by atoms with van der Waals surface area (Å²) in [6.07, 6.45) is 3.67. The molecular formula is C28H24N4. The van der Waals surface area contributed by atoms with Crippen LogP contribution in [0.3, 0.4) is 0 Å². The Bertz CT molecular complexity index is 1300. The van der Waals surface area contributed by atoms with Gasteiger partial charge in [-0.2, -0.15) is 0 Å². The van der Waals surface area contributed by atoms with Crippen LogP contribution in [0.4, 0.5) is 0 Å². The van der Waals surface area contributed by atoms with Crippen molar-refractivity contribution in [2.45, 2.75) is 19.8 Å². The summed E-state index contributed by atoms with van der Waals surface area (Å²) < 4.78 is 2.13. The van der Waals surface area contributed by atoms with E-state index in [0.29, 0.717) is 5.92 Å². The fraction of sp³-hybridized carbons (Fsp3) is 0.107. The lowest BCUT2D eigenvalue weighted by Crippen LogP contribution is -2.00. The Labute approximate surface area is 188 Å². The number of benzene rings is 3. The molecule has 156 valence electrons. The lowest BCUT2D eigenvalue weighted by molar-refractivity contribution is 0.866. The zero-order valence-electron chi connectivity index (χ0n) is 18.2. The first-order valence-electron chi connectivity index (χ1n) is 10.8. The summed E-state index contributed by atoms with van der Waals surface area (Å²) >= 11 is 0. The molecule has 4 nitrogen and oxygen atoms in total. The molecule has 4 heteroatoms. The summed E-state index contributed by atoms with van der Waals surface area (Å²) in [6.45, 7) is 4.41. The molecule has 0 aliphatic carbocycles. The molecule has 0 saturated carbocycles. The molecule has 5 aromatic rings. The molecule has 2 heterocycles. The minimum Gasteiger partial charge on any atom is -0.275 e. The predicted octanol–water partition coefficient (Wildman–Crippen LogP) is 6.79. The van der Waals surface area contributed by atoms with Crippen LogP contribution < -0.4 is 0 Å².